The minimum Gasteiger partial charge on any atom is -0.506 e. The van der Waals surface area contributed by atoms with Gasteiger partial charge in [0, 0.05) is 19.1 Å². The molecule has 4 nitrogen and oxygen atoms in total. The third-order valence-electron chi connectivity index (χ3n) is 1.81. The predicted molar refractivity (Wildman–Crippen MR) is 55.4 cm³/mol. The van der Waals surface area contributed by atoms with E-state index >= 15 is 0 Å². The molecule has 0 aliphatic rings. The van der Waals surface area contributed by atoms with Crippen LogP contribution in [-0.4, -0.2) is 25.3 Å². The average Bonchev–Trinajstić information content (AvgIpc) is 2.24. The summed E-state index contributed by atoms with van der Waals surface area (Å²) in [5.41, 5.74) is 0.370. The number of phenols is 1. The van der Waals surface area contributed by atoms with Crippen LogP contribution in [0.1, 0.15) is 5.56 Å². The van der Waals surface area contributed by atoms with E-state index in [2.05, 4.69) is 0 Å². The SMILES string of the molecule is COCOc1ccc(Cl)c(O)c1CC=O. The van der Waals surface area contributed by atoms with Crippen molar-refractivity contribution in [2.75, 3.05) is 13.9 Å². The molecule has 0 aliphatic carbocycles. The third kappa shape index (κ3) is 2.84. The molecule has 1 aromatic rings. The number of rotatable bonds is 5. The summed E-state index contributed by atoms with van der Waals surface area (Å²) >= 11 is 5.70. The highest BCUT2D eigenvalue weighted by Gasteiger charge is 2.12. The van der Waals surface area contributed by atoms with E-state index in [-0.39, 0.29) is 24.0 Å². The molecule has 1 rings (SSSR count). The van der Waals surface area contributed by atoms with Crippen LogP contribution in [0, 0.1) is 0 Å². The van der Waals surface area contributed by atoms with Crippen LogP contribution >= 0.6 is 11.6 Å². The number of aromatic hydroxyl groups is 1. The van der Waals surface area contributed by atoms with Gasteiger partial charge in [0.25, 0.3) is 0 Å². The largest absolute Gasteiger partial charge is 0.506 e. The van der Waals surface area contributed by atoms with Crippen molar-refractivity contribution >= 4 is 17.9 Å². The van der Waals surface area contributed by atoms with Gasteiger partial charge in [0.15, 0.2) is 6.79 Å². The lowest BCUT2D eigenvalue weighted by atomic mass is 10.1. The van der Waals surface area contributed by atoms with Crippen LogP contribution in [0.3, 0.4) is 0 Å². The molecule has 0 fully saturated rings. The first kappa shape index (κ1) is 11.8. The van der Waals surface area contributed by atoms with Gasteiger partial charge in [-0.25, -0.2) is 0 Å². The van der Waals surface area contributed by atoms with E-state index in [1.165, 1.54) is 13.2 Å². The highest BCUT2D eigenvalue weighted by molar-refractivity contribution is 6.32. The molecular weight excluding hydrogens is 220 g/mol. The molecule has 0 amide bonds. The summed E-state index contributed by atoms with van der Waals surface area (Å²) in [6.45, 7) is 0.0485. The van der Waals surface area contributed by atoms with Crippen LogP contribution in [0.2, 0.25) is 5.02 Å². The molecule has 1 aromatic carbocycles. The molecule has 15 heavy (non-hydrogen) atoms. The van der Waals surface area contributed by atoms with E-state index in [4.69, 9.17) is 21.1 Å². The Morgan fingerprint density at radius 3 is 2.87 bits per heavy atom. The molecule has 0 bridgehead atoms. The minimum atomic E-state index is -0.127. The average molecular weight is 231 g/mol. The number of phenolic OH excluding ortho intramolecular Hbond substituents is 1. The van der Waals surface area contributed by atoms with E-state index in [0.29, 0.717) is 17.6 Å². The molecule has 0 spiro atoms. The molecule has 0 heterocycles. The highest BCUT2D eigenvalue weighted by atomic mass is 35.5. The molecule has 0 aromatic heterocycles. The number of ether oxygens (including phenoxy) is 2. The Bertz CT molecular complexity index is 352. The first-order valence-corrected chi connectivity index (χ1v) is 4.64. The van der Waals surface area contributed by atoms with Gasteiger partial charge in [0.05, 0.1) is 5.02 Å². The number of aldehydes is 1. The summed E-state index contributed by atoms with van der Waals surface area (Å²) in [6, 6.07) is 3.08. The topological polar surface area (TPSA) is 55.8 Å². The van der Waals surface area contributed by atoms with E-state index < -0.39 is 0 Å². The smallest absolute Gasteiger partial charge is 0.188 e. The number of hydrogen-bond donors (Lipinski definition) is 1. The summed E-state index contributed by atoms with van der Waals surface area (Å²) < 4.78 is 9.90. The maximum atomic E-state index is 10.4. The summed E-state index contributed by atoms with van der Waals surface area (Å²) in [5, 5.41) is 9.79. The second-order valence-corrected chi connectivity index (χ2v) is 3.20. The second kappa shape index (κ2) is 5.58. The molecule has 82 valence electrons. The number of carbonyl (C=O) groups is 1. The van der Waals surface area contributed by atoms with Crippen molar-refractivity contribution in [2.24, 2.45) is 0 Å². The van der Waals surface area contributed by atoms with E-state index in [1.54, 1.807) is 6.07 Å². The van der Waals surface area contributed by atoms with Crippen molar-refractivity contribution in [3.05, 3.63) is 22.7 Å². The van der Waals surface area contributed by atoms with Gasteiger partial charge < -0.3 is 19.4 Å². The normalized spacial score (nSPS) is 10.0. The number of carbonyl (C=O) groups excluding carboxylic acids is 1. The summed E-state index contributed by atoms with van der Waals surface area (Å²) in [7, 11) is 1.48. The standard InChI is InChI=1S/C10H11ClO4/c1-14-6-15-9-3-2-8(11)10(13)7(9)4-5-12/h2-3,5,13H,4,6H2,1H3. The minimum absolute atomic E-state index is 0.0471. The maximum absolute atomic E-state index is 10.4. The van der Waals surface area contributed by atoms with Crippen LogP contribution in [0.15, 0.2) is 12.1 Å². The Hall–Kier alpha value is -1.26. The fourth-order valence-corrected chi connectivity index (χ4v) is 1.30. The molecule has 1 N–H and O–H groups in total. The van der Waals surface area contributed by atoms with Crippen molar-refractivity contribution in [1.82, 2.24) is 0 Å². The molecule has 0 saturated carbocycles. The van der Waals surface area contributed by atoms with Gasteiger partial charge in [-0.2, -0.15) is 0 Å². The Labute approximate surface area is 92.4 Å². The van der Waals surface area contributed by atoms with Crippen molar-refractivity contribution in [3.63, 3.8) is 0 Å². The molecule has 0 saturated heterocycles. The third-order valence-corrected chi connectivity index (χ3v) is 2.12. The predicted octanol–water partition coefficient (Wildman–Crippen LogP) is 1.77. The fourth-order valence-electron chi connectivity index (χ4n) is 1.13. The first-order valence-electron chi connectivity index (χ1n) is 4.26. The van der Waals surface area contributed by atoms with Gasteiger partial charge >= 0.3 is 0 Å². The molecule has 0 aliphatic heterocycles. The lowest BCUT2D eigenvalue weighted by Crippen LogP contribution is -2.02. The van der Waals surface area contributed by atoms with Crippen LogP contribution in [0.5, 0.6) is 11.5 Å². The Kier molecular flexibility index (Phi) is 4.39. The zero-order chi connectivity index (χ0) is 11.3. The van der Waals surface area contributed by atoms with Crippen LogP contribution in [0.25, 0.3) is 0 Å². The van der Waals surface area contributed by atoms with Gasteiger partial charge in [-0.1, -0.05) is 11.6 Å². The van der Waals surface area contributed by atoms with Gasteiger partial charge in [-0.3, -0.25) is 0 Å². The first-order chi connectivity index (χ1) is 7.20. The maximum Gasteiger partial charge on any atom is 0.188 e. The van der Waals surface area contributed by atoms with Crippen LogP contribution < -0.4 is 4.74 Å². The monoisotopic (exact) mass is 230 g/mol. The van der Waals surface area contributed by atoms with Crippen molar-refractivity contribution in [1.29, 1.82) is 0 Å². The van der Waals surface area contributed by atoms with E-state index in [9.17, 15) is 9.90 Å². The lowest BCUT2D eigenvalue weighted by molar-refractivity contribution is -0.107. The number of hydrogen-bond acceptors (Lipinski definition) is 4. The van der Waals surface area contributed by atoms with Crippen molar-refractivity contribution in [2.45, 2.75) is 6.42 Å². The fraction of sp³-hybridized carbons (Fsp3) is 0.300. The molecular formula is C10H11ClO4. The second-order valence-electron chi connectivity index (χ2n) is 2.79. The summed E-state index contributed by atoms with van der Waals surface area (Å²) in [5.74, 6) is 0.267. The Morgan fingerprint density at radius 1 is 1.53 bits per heavy atom. The van der Waals surface area contributed by atoms with E-state index in [1.807, 2.05) is 0 Å². The van der Waals surface area contributed by atoms with Gasteiger partial charge in [-0.15, -0.1) is 0 Å². The van der Waals surface area contributed by atoms with Crippen molar-refractivity contribution in [3.8, 4) is 11.5 Å². The molecule has 5 heteroatoms. The lowest BCUT2D eigenvalue weighted by Gasteiger charge is -2.11. The Morgan fingerprint density at radius 2 is 2.27 bits per heavy atom. The molecule has 0 atom stereocenters. The van der Waals surface area contributed by atoms with Crippen molar-refractivity contribution < 1.29 is 19.4 Å². The number of methoxy groups -OCH3 is 1. The zero-order valence-electron chi connectivity index (χ0n) is 8.20. The van der Waals surface area contributed by atoms with Crippen LogP contribution in [-0.2, 0) is 16.0 Å². The molecule has 0 radical (unpaired) electrons. The van der Waals surface area contributed by atoms with E-state index in [0.717, 1.165) is 0 Å². The number of benzene rings is 1. The summed E-state index contributed by atoms with van der Waals surface area (Å²) in [6.07, 6.45) is 0.719. The van der Waals surface area contributed by atoms with Gasteiger partial charge in [0.1, 0.15) is 17.8 Å². The quantitative estimate of drug-likeness (QED) is 0.619. The molecule has 0 unspecified atom stereocenters. The highest BCUT2D eigenvalue weighted by Crippen LogP contribution is 2.34. The Balaban J connectivity index is 3.02. The zero-order valence-corrected chi connectivity index (χ0v) is 8.95. The van der Waals surface area contributed by atoms with Crippen LogP contribution in [0.4, 0.5) is 0 Å². The summed E-state index contributed by atoms with van der Waals surface area (Å²) in [4.78, 5) is 10.4. The number of halogens is 1. The van der Waals surface area contributed by atoms with Gasteiger partial charge in [-0.05, 0) is 12.1 Å². The van der Waals surface area contributed by atoms with Gasteiger partial charge in [0.2, 0.25) is 0 Å².